The molecule has 1 rings (SSSR count). The highest BCUT2D eigenvalue weighted by molar-refractivity contribution is 4.99. The molecule has 0 saturated carbocycles. The van der Waals surface area contributed by atoms with Crippen molar-refractivity contribution < 1.29 is 5.11 Å². The molecule has 1 unspecified atom stereocenters. The van der Waals surface area contributed by atoms with Gasteiger partial charge in [0.15, 0.2) is 0 Å². The molecular weight excluding hydrogens is 154 g/mol. The first-order chi connectivity index (χ1) is 5.59. The highest BCUT2D eigenvalue weighted by Gasteiger charge is 2.04. The lowest BCUT2D eigenvalue weighted by Crippen LogP contribution is -2.18. The van der Waals surface area contributed by atoms with Crippen LogP contribution in [0.15, 0.2) is 12.3 Å². The van der Waals surface area contributed by atoms with Gasteiger partial charge in [0.25, 0.3) is 0 Å². The Morgan fingerprint density at radius 1 is 1.67 bits per heavy atom. The van der Waals surface area contributed by atoms with E-state index in [0.717, 1.165) is 12.1 Å². The number of hydrogen-bond acceptors (Lipinski definition) is 3. The van der Waals surface area contributed by atoms with Crippen LogP contribution in [-0.4, -0.2) is 14.9 Å². The SMILES string of the molecule is CC(C)Cc1ccn(C(N)O)n1. The van der Waals surface area contributed by atoms with Crippen molar-refractivity contribution in [1.29, 1.82) is 0 Å². The van der Waals surface area contributed by atoms with Crippen molar-refractivity contribution >= 4 is 0 Å². The van der Waals surface area contributed by atoms with E-state index in [-0.39, 0.29) is 0 Å². The van der Waals surface area contributed by atoms with Gasteiger partial charge >= 0.3 is 0 Å². The number of rotatable bonds is 3. The summed E-state index contributed by atoms with van der Waals surface area (Å²) >= 11 is 0. The molecule has 1 heterocycles. The van der Waals surface area contributed by atoms with Gasteiger partial charge in [-0.2, -0.15) is 5.10 Å². The van der Waals surface area contributed by atoms with Crippen molar-refractivity contribution in [3.05, 3.63) is 18.0 Å². The summed E-state index contributed by atoms with van der Waals surface area (Å²) in [6, 6.07) is 1.87. The maximum absolute atomic E-state index is 8.95. The monoisotopic (exact) mass is 169 g/mol. The van der Waals surface area contributed by atoms with E-state index in [1.807, 2.05) is 6.07 Å². The molecule has 0 aliphatic carbocycles. The Kier molecular flexibility index (Phi) is 2.83. The van der Waals surface area contributed by atoms with Gasteiger partial charge in [0.1, 0.15) is 0 Å². The number of hydrogen-bond donors (Lipinski definition) is 2. The third kappa shape index (κ3) is 2.32. The van der Waals surface area contributed by atoms with E-state index in [9.17, 15) is 0 Å². The molecule has 0 amide bonds. The van der Waals surface area contributed by atoms with Gasteiger partial charge in [0.05, 0.1) is 5.69 Å². The average molecular weight is 169 g/mol. The first-order valence-electron chi connectivity index (χ1n) is 4.07. The lowest BCUT2D eigenvalue weighted by molar-refractivity contribution is 0.0973. The van der Waals surface area contributed by atoms with Gasteiger partial charge in [-0.1, -0.05) is 13.8 Å². The lowest BCUT2D eigenvalue weighted by atomic mass is 10.1. The normalized spacial score (nSPS) is 13.8. The molecule has 4 heteroatoms. The Morgan fingerprint density at radius 3 is 2.75 bits per heavy atom. The van der Waals surface area contributed by atoms with Crippen molar-refractivity contribution in [2.45, 2.75) is 26.6 Å². The minimum Gasteiger partial charge on any atom is -0.360 e. The molecule has 3 N–H and O–H groups in total. The van der Waals surface area contributed by atoms with Crippen molar-refractivity contribution in [2.24, 2.45) is 11.7 Å². The van der Waals surface area contributed by atoms with Gasteiger partial charge in [-0.25, -0.2) is 4.68 Å². The second-order valence-corrected chi connectivity index (χ2v) is 3.30. The summed E-state index contributed by atoms with van der Waals surface area (Å²) in [5.74, 6) is 0.572. The van der Waals surface area contributed by atoms with Gasteiger partial charge in [0.2, 0.25) is 6.35 Å². The standard InChI is InChI=1S/C8H15N3O/c1-6(2)5-7-3-4-11(10-7)8(9)12/h3-4,6,8,12H,5,9H2,1-2H3. The molecule has 0 aliphatic heterocycles. The number of aliphatic hydroxyl groups excluding tert-OH is 1. The molecule has 0 radical (unpaired) electrons. The predicted molar refractivity (Wildman–Crippen MR) is 46.2 cm³/mol. The Labute approximate surface area is 72.0 Å². The van der Waals surface area contributed by atoms with Crippen LogP contribution in [0.5, 0.6) is 0 Å². The molecule has 1 atom stereocenters. The summed E-state index contributed by atoms with van der Waals surface area (Å²) in [4.78, 5) is 0. The molecule has 12 heavy (non-hydrogen) atoms. The quantitative estimate of drug-likeness (QED) is 0.647. The molecule has 0 spiro atoms. The topological polar surface area (TPSA) is 64.1 Å². The Hall–Kier alpha value is -0.870. The van der Waals surface area contributed by atoms with Crippen LogP contribution in [0.2, 0.25) is 0 Å². The van der Waals surface area contributed by atoms with Crippen LogP contribution in [0, 0.1) is 5.92 Å². The molecule has 0 bridgehead atoms. The first-order valence-corrected chi connectivity index (χ1v) is 4.07. The third-order valence-electron chi connectivity index (χ3n) is 1.55. The van der Waals surface area contributed by atoms with Gasteiger partial charge in [-0.3, -0.25) is 5.73 Å². The van der Waals surface area contributed by atoms with Crippen molar-refractivity contribution in [1.82, 2.24) is 9.78 Å². The third-order valence-corrected chi connectivity index (χ3v) is 1.55. The second-order valence-electron chi connectivity index (χ2n) is 3.30. The fourth-order valence-corrected chi connectivity index (χ4v) is 1.05. The van der Waals surface area contributed by atoms with E-state index in [4.69, 9.17) is 10.8 Å². The number of aliphatic hydroxyl groups is 1. The maximum atomic E-state index is 8.95. The zero-order valence-corrected chi connectivity index (χ0v) is 7.44. The maximum Gasteiger partial charge on any atom is 0.201 e. The van der Waals surface area contributed by atoms with Crippen LogP contribution in [-0.2, 0) is 6.42 Å². The summed E-state index contributed by atoms with van der Waals surface area (Å²) in [6.45, 7) is 4.25. The predicted octanol–water partition coefficient (Wildman–Crippen LogP) is 0.489. The average Bonchev–Trinajstić information content (AvgIpc) is 2.34. The van der Waals surface area contributed by atoms with Gasteiger partial charge in [0, 0.05) is 6.20 Å². The van der Waals surface area contributed by atoms with E-state index >= 15 is 0 Å². The molecular formula is C8H15N3O. The zero-order valence-electron chi connectivity index (χ0n) is 7.44. The fraction of sp³-hybridized carbons (Fsp3) is 0.625. The van der Waals surface area contributed by atoms with E-state index in [1.54, 1.807) is 6.20 Å². The number of nitrogens with two attached hydrogens (primary N) is 1. The van der Waals surface area contributed by atoms with Crippen LogP contribution in [0.4, 0.5) is 0 Å². The Bertz CT molecular complexity index is 242. The minimum atomic E-state index is -1.02. The molecule has 0 aromatic carbocycles. The second kappa shape index (κ2) is 3.69. The summed E-state index contributed by atoms with van der Waals surface area (Å²) in [5.41, 5.74) is 6.18. The molecule has 0 saturated heterocycles. The van der Waals surface area contributed by atoms with Crippen LogP contribution in [0.1, 0.15) is 25.9 Å². The van der Waals surface area contributed by atoms with Gasteiger partial charge < -0.3 is 5.11 Å². The first kappa shape index (κ1) is 9.22. The smallest absolute Gasteiger partial charge is 0.201 e. The lowest BCUT2D eigenvalue weighted by Gasteiger charge is -2.03. The summed E-state index contributed by atoms with van der Waals surface area (Å²) in [5, 5.41) is 13.0. The molecule has 68 valence electrons. The van der Waals surface area contributed by atoms with E-state index < -0.39 is 6.35 Å². The van der Waals surface area contributed by atoms with E-state index in [0.29, 0.717) is 5.92 Å². The number of aromatic nitrogens is 2. The Morgan fingerprint density at radius 2 is 2.33 bits per heavy atom. The van der Waals surface area contributed by atoms with E-state index in [2.05, 4.69) is 18.9 Å². The van der Waals surface area contributed by atoms with Crippen LogP contribution < -0.4 is 5.73 Å². The van der Waals surface area contributed by atoms with Gasteiger partial charge in [-0.15, -0.1) is 0 Å². The summed E-state index contributed by atoms with van der Waals surface area (Å²) < 4.78 is 1.34. The summed E-state index contributed by atoms with van der Waals surface area (Å²) in [6.07, 6.45) is 1.58. The van der Waals surface area contributed by atoms with Crippen molar-refractivity contribution in [2.75, 3.05) is 0 Å². The number of nitrogens with zero attached hydrogens (tertiary/aromatic N) is 2. The Balaban J connectivity index is 2.64. The molecule has 1 aromatic rings. The molecule has 0 aliphatic rings. The highest BCUT2D eigenvalue weighted by Crippen LogP contribution is 2.05. The van der Waals surface area contributed by atoms with E-state index in [1.165, 1.54) is 4.68 Å². The van der Waals surface area contributed by atoms with Crippen molar-refractivity contribution in [3.63, 3.8) is 0 Å². The largest absolute Gasteiger partial charge is 0.360 e. The van der Waals surface area contributed by atoms with Crippen LogP contribution in [0.3, 0.4) is 0 Å². The molecule has 4 nitrogen and oxygen atoms in total. The molecule has 1 aromatic heterocycles. The van der Waals surface area contributed by atoms with Crippen molar-refractivity contribution in [3.8, 4) is 0 Å². The van der Waals surface area contributed by atoms with Crippen LogP contribution in [0.25, 0.3) is 0 Å². The summed E-state index contributed by atoms with van der Waals surface area (Å²) in [7, 11) is 0. The van der Waals surface area contributed by atoms with Gasteiger partial charge in [-0.05, 0) is 18.4 Å². The minimum absolute atomic E-state index is 0.572. The fourth-order valence-electron chi connectivity index (χ4n) is 1.05. The highest BCUT2D eigenvalue weighted by atomic mass is 16.3. The molecule has 0 fully saturated rings. The zero-order chi connectivity index (χ0) is 9.14. The van der Waals surface area contributed by atoms with Crippen LogP contribution >= 0.6 is 0 Å².